The summed E-state index contributed by atoms with van der Waals surface area (Å²) in [5, 5.41) is 4.18. The molecular weight excluding hydrogens is 206 g/mol. The second kappa shape index (κ2) is 5.54. The van der Waals surface area contributed by atoms with E-state index in [-0.39, 0.29) is 0 Å². The fourth-order valence-electron chi connectivity index (χ4n) is 0.974. The van der Waals surface area contributed by atoms with Crippen LogP contribution < -0.4 is 5.32 Å². The van der Waals surface area contributed by atoms with Gasteiger partial charge >= 0.3 is 0 Å². The number of hydrogen-bond donors (Lipinski definition) is 1. The van der Waals surface area contributed by atoms with E-state index in [9.17, 15) is 0 Å². The molecule has 1 heterocycles. The molecule has 0 spiro atoms. The van der Waals surface area contributed by atoms with Crippen molar-refractivity contribution in [3.8, 4) is 0 Å². The van der Waals surface area contributed by atoms with Crippen LogP contribution in [-0.4, -0.2) is 37.1 Å². The smallest absolute Gasteiger partial charge is 0.113 e. The SMILES string of the molecule is CNCCN(C)Cc1ncc(Cl)s1. The Morgan fingerprint density at radius 3 is 3.00 bits per heavy atom. The molecule has 0 aromatic carbocycles. The van der Waals surface area contributed by atoms with E-state index < -0.39 is 0 Å². The quantitative estimate of drug-likeness (QED) is 0.813. The average Bonchev–Trinajstić information content (AvgIpc) is 2.48. The molecule has 0 bridgehead atoms. The van der Waals surface area contributed by atoms with E-state index in [2.05, 4.69) is 22.2 Å². The number of thiazole rings is 1. The third-order valence-corrected chi connectivity index (χ3v) is 2.77. The van der Waals surface area contributed by atoms with E-state index in [1.807, 2.05) is 7.05 Å². The molecule has 3 nitrogen and oxygen atoms in total. The van der Waals surface area contributed by atoms with Crippen molar-refractivity contribution in [2.75, 3.05) is 27.2 Å². The van der Waals surface area contributed by atoms with Crippen molar-refractivity contribution in [1.82, 2.24) is 15.2 Å². The molecule has 1 rings (SSSR count). The summed E-state index contributed by atoms with van der Waals surface area (Å²) in [5.74, 6) is 0. The van der Waals surface area contributed by atoms with Crippen LogP contribution in [-0.2, 0) is 6.54 Å². The fraction of sp³-hybridized carbons (Fsp3) is 0.625. The van der Waals surface area contributed by atoms with Crippen LogP contribution in [0.15, 0.2) is 6.20 Å². The lowest BCUT2D eigenvalue weighted by Gasteiger charge is -2.13. The van der Waals surface area contributed by atoms with Crippen molar-refractivity contribution < 1.29 is 0 Å². The van der Waals surface area contributed by atoms with Gasteiger partial charge in [-0.2, -0.15) is 0 Å². The zero-order valence-corrected chi connectivity index (χ0v) is 9.45. The predicted molar refractivity (Wildman–Crippen MR) is 57.4 cm³/mol. The molecule has 0 aliphatic heterocycles. The molecule has 74 valence electrons. The van der Waals surface area contributed by atoms with Crippen LogP contribution in [0.3, 0.4) is 0 Å². The van der Waals surface area contributed by atoms with Crippen LogP contribution in [0.5, 0.6) is 0 Å². The monoisotopic (exact) mass is 219 g/mol. The highest BCUT2D eigenvalue weighted by molar-refractivity contribution is 7.15. The Morgan fingerprint density at radius 2 is 2.46 bits per heavy atom. The maximum Gasteiger partial charge on any atom is 0.113 e. The number of nitrogens with one attached hydrogen (secondary N) is 1. The third kappa shape index (κ3) is 4.04. The molecule has 0 atom stereocenters. The van der Waals surface area contributed by atoms with E-state index >= 15 is 0 Å². The minimum absolute atomic E-state index is 0.761. The molecule has 5 heteroatoms. The van der Waals surface area contributed by atoms with E-state index in [0.717, 1.165) is 29.0 Å². The Hall–Kier alpha value is -0.160. The van der Waals surface area contributed by atoms with Crippen LogP contribution in [0.4, 0.5) is 0 Å². The summed E-state index contributed by atoms with van der Waals surface area (Å²) in [7, 11) is 4.03. The molecule has 0 aliphatic rings. The Morgan fingerprint density at radius 1 is 1.69 bits per heavy atom. The van der Waals surface area contributed by atoms with Gasteiger partial charge in [-0.3, -0.25) is 4.90 Å². The summed E-state index contributed by atoms with van der Waals surface area (Å²) in [6.07, 6.45) is 1.70. The summed E-state index contributed by atoms with van der Waals surface area (Å²) >= 11 is 7.32. The van der Waals surface area contributed by atoms with Crippen molar-refractivity contribution in [3.05, 3.63) is 15.5 Å². The molecule has 1 N–H and O–H groups in total. The van der Waals surface area contributed by atoms with E-state index in [0.29, 0.717) is 0 Å². The normalized spacial score (nSPS) is 11.1. The highest BCUT2D eigenvalue weighted by Crippen LogP contribution is 2.18. The molecule has 0 fully saturated rings. The lowest BCUT2D eigenvalue weighted by atomic mass is 10.5. The Kier molecular flexibility index (Phi) is 4.66. The van der Waals surface area contributed by atoms with Crippen LogP contribution >= 0.6 is 22.9 Å². The second-order valence-corrected chi connectivity index (χ2v) is 4.65. The van der Waals surface area contributed by atoms with Gasteiger partial charge in [0.1, 0.15) is 9.34 Å². The molecule has 0 unspecified atom stereocenters. The zero-order chi connectivity index (χ0) is 9.68. The summed E-state index contributed by atoms with van der Waals surface area (Å²) in [5.41, 5.74) is 0. The largest absolute Gasteiger partial charge is 0.318 e. The predicted octanol–water partition coefficient (Wildman–Crippen LogP) is 1.45. The van der Waals surface area contributed by atoms with Gasteiger partial charge in [0.25, 0.3) is 0 Å². The Bertz CT molecular complexity index is 251. The molecule has 1 aromatic rings. The molecule has 0 saturated heterocycles. The molecule has 0 aliphatic carbocycles. The van der Waals surface area contributed by atoms with Crippen molar-refractivity contribution in [2.45, 2.75) is 6.54 Å². The lowest BCUT2D eigenvalue weighted by molar-refractivity contribution is 0.327. The van der Waals surface area contributed by atoms with Gasteiger partial charge in [0.05, 0.1) is 12.7 Å². The van der Waals surface area contributed by atoms with Gasteiger partial charge in [0, 0.05) is 13.1 Å². The Balaban J connectivity index is 2.31. The molecule has 0 saturated carbocycles. The molecule has 0 amide bonds. The highest BCUT2D eigenvalue weighted by atomic mass is 35.5. The van der Waals surface area contributed by atoms with Crippen LogP contribution in [0.1, 0.15) is 5.01 Å². The number of likely N-dealkylation sites (N-methyl/N-ethyl adjacent to an activating group) is 2. The van der Waals surface area contributed by atoms with Crippen molar-refractivity contribution in [3.63, 3.8) is 0 Å². The van der Waals surface area contributed by atoms with Crippen LogP contribution in [0, 0.1) is 0 Å². The number of nitrogens with zero attached hydrogens (tertiary/aromatic N) is 2. The first-order valence-electron chi connectivity index (χ1n) is 4.15. The van der Waals surface area contributed by atoms with Crippen molar-refractivity contribution in [2.24, 2.45) is 0 Å². The van der Waals surface area contributed by atoms with E-state index in [4.69, 9.17) is 11.6 Å². The van der Waals surface area contributed by atoms with Gasteiger partial charge in [0.15, 0.2) is 0 Å². The third-order valence-electron chi connectivity index (χ3n) is 1.67. The summed E-state index contributed by atoms with van der Waals surface area (Å²) in [6, 6.07) is 0. The minimum atomic E-state index is 0.761. The van der Waals surface area contributed by atoms with Gasteiger partial charge in [0.2, 0.25) is 0 Å². The highest BCUT2D eigenvalue weighted by Gasteiger charge is 2.03. The second-order valence-electron chi connectivity index (χ2n) is 2.90. The minimum Gasteiger partial charge on any atom is -0.318 e. The number of halogens is 1. The fourth-order valence-corrected chi connectivity index (χ4v) is 2.01. The summed E-state index contributed by atoms with van der Waals surface area (Å²) < 4.78 is 0.761. The summed E-state index contributed by atoms with van der Waals surface area (Å²) in [6.45, 7) is 2.89. The number of rotatable bonds is 5. The van der Waals surface area contributed by atoms with Gasteiger partial charge in [-0.1, -0.05) is 11.6 Å². The lowest BCUT2D eigenvalue weighted by Crippen LogP contribution is -2.26. The maximum atomic E-state index is 5.77. The molecule has 1 aromatic heterocycles. The molecule has 13 heavy (non-hydrogen) atoms. The maximum absolute atomic E-state index is 5.77. The van der Waals surface area contributed by atoms with E-state index in [1.54, 1.807) is 17.5 Å². The molecular formula is C8H14ClN3S. The first-order valence-corrected chi connectivity index (χ1v) is 5.35. The Labute approximate surface area is 87.7 Å². The van der Waals surface area contributed by atoms with Crippen LogP contribution in [0.2, 0.25) is 4.34 Å². The van der Waals surface area contributed by atoms with Crippen molar-refractivity contribution >= 4 is 22.9 Å². The van der Waals surface area contributed by atoms with Crippen molar-refractivity contribution in [1.29, 1.82) is 0 Å². The van der Waals surface area contributed by atoms with Crippen LogP contribution in [0.25, 0.3) is 0 Å². The number of aromatic nitrogens is 1. The topological polar surface area (TPSA) is 28.2 Å². The molecule has 0 radical (unpaired) electrons. The van der Waals surface area contributed by atoms with Gasteiger partial charge in [-0.25, -0.2) is 4.98 Å². The van der Waals surface area contributed by atoms with Gasteiger partial charge in [-0.15, -0.1) is 11.3 Å². The van der Waals surface area contributed by atoms with Gasteiger partial charge < -0.3 is 5.32 Å². The van der Waals surface area contributed by atoms with Gasteiger partial charge in [-0.05, 0) is 14.1 Å². The average molecular weight is 220 g/mol. The van der Waals surface area contributed by atoms with E-state index in [1.165, 1.54) is 0 Å². The first kappa shape index (κ1) is 10.9. The summed E-state index contributed by atoms with van der Waals surface area (Å²) in [4.78, 5) is 6.40. The number of hydrogen-bond acceptors (Lipinski definition) is 4. The zero-order valence-electron chi connectivity index (χ0n) is 7.88. The first-order chi connectivity index (χ1) is 6.22. The standard InChI is InChI=1S/C8H14ClN3S/c1-10-3-4-12(2)6-8-11-5-7(9)13-8/h5,10H,3-4,6H2,1-2H3.